The Morgan fingerprint density at radius 2 is 1.87 bits per heavy atom. The van der Waals surface area contributed by atoms with E-state index in [-0.39, 0.29) is 40.8 Å². The van der Waals surface area contributed by atoms with Gasteiger partial charge in [0.25, 0.3) is 0 Å². The van der Waals surface area contributed by atoms with Crippen molar-refractivity contribution in [3.8, 4) is 11.6 Å². The molecule has 2 aromatic heterocycles. The van der Waals surface area contributed by atoms with Crippen LogP contribution < -0.4 is 11.0 Å². The first-order valence-electron chi connectivity index (χ1n) is 9.13. The molecule has 0 aliphatic rings. The van der Waals surface area contributed by atoms with Crippen molar-refractivity contribution in [2.24, 2.45) is 0 Å². The maximum atomic E-state index is 13.0. The predicted octanol–water partition coefficient (Wildman–Crippen LogP) is 4.53. The van der Waals surface area contributed by atoms with Crippen molar-refractivity contribution in [2.45, 2.75) is 43.8 Å². The highest BCUT2D eigenvalue weighted by Crippen LogP contribution is 2.37. The average Bonchev–Trinajstić information content (AvgIpc) is 2.86. The fraction of sp³-hybridized carbons (Fsp3) is 0.300. The summed E-state index contributed by atoms with van der Waals surface area (Å²) < 4.78 is 40.1. The van der Waals surface area contributed by atoms with Gasteiger partial charge in [-0.2, -0.15) is 13.2 Å². The third-order valence-electron chi connectivity index (χ3n) is 4.37. The lowest BCUT2D eigenvalue weighted by atomic mass is 10.2. The molecule has 160 valence electrons. The van der Waals surface area contributed by atoms with Crippen LogP contribution in [0.5, 0.6) is 5.88 Å². The molecule has 0 atom stereocenters. The van der Waals surface area contributed by atoms with Gasteiger partial charge in [-0.1, -0.05) is 0 Å². The Hall–Kier alpha value is -2.88. The number of imidazole rings is 1. The molecule has 3 rings (SSSR count). The van der Waals surface area contributed by atoms with Gasteiger partial charge in [0.05, 0.1) is 29.8 Å². The van der Waals surface area contributed by atoms with Gasteiger partial charge in [-0.05, 0) is 68.4 Å². The van der Waals surface area contributed by atoms with Gasteiger partial charge in [0.2, 0.25) is 5.88 Å². The summed E-state index contributed by atoms with van der Waals surface area (Å²) in [5.41, 5.74) is -2.67. The molecule has 0 aliphatic carbocycles. The second-order valence-electron chi connectivity index (χ2n) is 6.99. The number of nitrogens with zero attached hydrogens (tertiary/aromatic N) is 3. The monoisotopic (exact) mass is 438 g/mol. The smallest absolute Gasteiger partial charge is 0.446 e. The Balaban J connectivity index is 1.96. The first-order valence-corrected chi connectivity index (χ1v) is 9.95. The average molecular weight is 438 g/mol. The number of rotatable bonds is 6. The van der Waals surface area contributed by atoms with Crippen molar-refractivity contribution in [3.05, 3.63) is 64.5 Å². The molecule has 0 fully saturated rings. The molecule has 0 saturated carbocycles. The Morgan fingerprint density at radius 3 is 2.47 bits per heavy atom. The van der Waals surface area contributed by atoms with Gasteiger partial charge in [-0.25, -0.2) is 9.36 Å². The minimum Gasteiger partial charge on any atom is -0.493 e. The number of aromatic nitrogens is 3. The maximum absolute atomic E-state index is 13.0. The van der Waals surface area contributed by atoms with Crippen molar-refractivity contribution in [1.29, 1.82) is 0 Å². The molecule has 0 aliphatic heterocycles. The summed E-state index contributed by atoms with van der Waals surface area (Å²) in [6.07, 6.45) is 3.29. The fourth-order valence-corrected chi connectivity index (χ4v) is 3.56. The SMILES string of the molecule is Cc1c(O)n(-c2ccc(SC(F)(F)F)cc2)c(=O)n1Cc1ccncc1NC(C)C. The summed E-state index contributed by atoms with van der Waals surface area (Å²) in [6.45, 7) is 5.77. The van der Waals surface area contributed by atoms with Crippen LogP contribution in [0.1, 0.15) is 25.1 Å². The Morgan fingerprint density at radius 1 is 1.20 bits per heavy atom. The molecule has 30 heavy (non-hydrogen) atoms. The van der Waals surface area contributed by atoms with E-state index in [2.05, 4.69) is 10.3 Å². The summed E-state index contributed by atoms with van der Waals surface area (Å²) in [4.78, 5) is 17.1. The molecule has 0 spiro atoms. The molecule has 2 heterocycles. The minimum atomic E-state index is -4.40. The van der Waals surface area contributed by atoms with Crippen molar-refractivity contribution < 1.29 is 18.3 Å². The van der Waals surface area contributed by atoms with Gasteiger partial charge < -0.3 is 10.4 Å². The lowest BCUT2D eigenvalue weighted by Gasteiger charge is -2.14. The molecule has 0 unspecified atom stereocenters. The summed E-state index contributed by atoms with van der Waals surface area (Å²) >= 11 is -0.238. The van der Waals surface area contributed by atoms with E-state index in [1.54, 1.807) is 25.4 Å². The van der Waals surface area contributed by atoms with Crippen LogP contribution in [0.15, 0.2) is 52.4 Å². The third-order valence-corrected chi connectivity index (χ3v) is 5.11. The predicted molar refractivity (Wildman–Crippen MR) is 110 cm³/mol. The Bertz CT molecular complexity index is 1090. The molecule has 3 aromatic rings. The highest BCUT2D eigenvalue weighted by molar-refractivity contribution is 8.00. The molecule has 10 heteroatoms. The van der Waals surface area contributed by atoms with E-state index in [1.165, 1.54) is 28.8 Å². The van der Waals surface area contributed by atoms with Crippen LogP contribution in [-0.2, 0) is 6.54 Å². The summed E-state index contributed by atoms with van der Waals surface area (Å²) in [5.74, 6) is -0.261. The zero-order valence-electron chi connectivity index (χ0n) is 16.6. The lowest BCUT2D eigenvalue weighted by molar-refractivity contribution is -0.0328. The number of hydrogen-bond acceptors (Lipinski definition) is 5. The fourth-order valence-electron chi connectivity index (χ4n) is 3.03. The highest BCUT2D eigenvalue weighted by atomic mass is 32.2. The van der Waals surface area contributed by atoms with E-state index in [9.17, 15) is 23.1 Å². The van der Waals surface area contributed by atoms with Gasteiger partial charge in [0.15, 0.2) is 0 Å². The maximum Gasteiger partial charge on any atom is 0.446 e. The van der Waals surface area contributed by atoms with Gasteiger partial charge in [0.1, 0.15) is 0 Å². The normalized spacial score (nSPS) is 11.8. The molecule has 0 amide bonds. The zero-order chi connectivity index (χ0) is 22.1. The van der Waals surface area contributed by atoms with E-state index in [1.807, 2.05) is 13.8 Å². The molecule has 1 aromatic carbocycles. The number of halogens is 3. The van der Waals surface area contributed by atoms with E-state index in [0.29, 0.717) is 5.69 Å². The number of alkyl halides is 3. The number of benzene rings is 1. The third kappa shape index (κ3) is 4.81. The van der Waals surface area contributed by atoms with E-state index in [0.717, 1.165) is 15.8 Å². The largest absolute Gasteiger partial charge is 0.493 e. The Labute approximate surface area is 175 Å². The molecule has 0 bridgehead atoms. The summed E-state index contributed by atoms with van der Waals surface area (Å²) in [7, 11) is 0. The summed E-state index contributed by atoms with van der Waals surface area (Å²) in [6, 6.07) is 7.22. The van der Waals surface area contributed by atoms with Crippen molar-refractivity contribution in [2.75, 3.05) is 5.32 Å². The van der Waals surface area contributed by atoms with Crippen LogP contribution in [0.3, 0.4) is 0 Å². The van der Waals surface area contributed by atoms with E-state index in [4.69, 9.17) is 0 Å². The first kappa shape index (κ1) is 21.8. The van der Waals surface area contributed by atoms with Gasteiger partial charge in [-0.3, -0.25) is 9.55 Å². The second-order valence-corrected chi connectivity index (χ2v) is 8.13. The minimum absolute atomic E-state index is 0.00358. The number of hydrogen-bond donors (Lipinski definition) is 2. The number of pyridine rings is 1. The molecular formula is C20H21F3N4O2S. The quantitative estimate of drug-likeness (QED) is 0.554. The number of anilines is 1. The zero-order valence-corrected chi connectivity index (χ0v) is 17.4. The van der Waals surface area contributed by atoms with Gasteiger partial charge in [-0.15, -0.1) is 0 Å². The van der Waals surface area contributed by atoms with Crippen molar-refractivity contribution in [3.63, 3.8) is 0 Å². The lowest BCUT2D eigenvalue weighted by Crippen LogP contribution is -2.25. The number of nitrogens with one attached hydrogen (secondary N) is 1. The number of thioether (sulfide) groups is 1. The van der Waals surface area contributed by atoms with Crippen LogP contribution in [0.25, 0.3) is 5.69 Å². The van der Waals surface area contributed by atoms with Crippen LogP contribution >= 0.6 is 11.8 Å². The van der Waals surface area contributed by atoms with Crippen LogP contribution in [0.2, 0.25) is 0 Å². The van der Waals surface area contributed by atoms with Crippen LogP contribution in [0.4, 0.5) is 18.9 Å². The van der Waals surface area contributed by atoms with Crippen molar-refractivity contribution >= 4 is 17.4 Å². The molecular weight excluding hydrogens is 417 g/mol. The number of aromatic hydroxyl groups is 1. The topological polar surface area (TPSA) is 72.1 Å². The first-order chi connectivity index (χ1) is 14.1. The molecule has 6 nitrogen and oxygen atoms in total. The van der Waals surface area contributed by atoms with E-state index >= 15 is 0 Å². The van der Waals surface area contributed by atoms with Gasteiger partial charge in [0, 0.05) is 17.1 Å². The molecule has 0 radical (unpaired) electrons. The highest BCUT2D eigenvalue weighted by Gasteiger charge is 2.29. The van der Waals surface area contributed by atoms with Crippen molar-refractivity contribution in [1.82, 2.24) is 14.1 Å². The van der Waals surface area contributed by atoms with Crippen LogP contribution in [-0.4, -0.2) is 30.8 Å². The standard InChI is InChI=1S/C20H21F3N4O2S/c1-12(2)25-17-10-24-9-8-14(17)11-26-13(3)18(28)27(19(26)29)15-4-6-16(7-5-15)30-20(21,22)23/h4-10,12,25,28H,11H2,1-3H3. The molecule has 0 saturated heterocycles. The second kappa shape index (κ2) is 8.47. The van der Waals surface area contributed by atoms with Crippen LogP contribution in [0, 0.1) is 6.92 Å². The van der Waals surface area contributed by atoms with E-state index < -0.39 is 11.2 Å². The Kier molecular flexibility index (Phi) is 6.16. The summed E-state index contributed by atoms with van der Waals surface area (Å²) in [5, 5.41) is 13.8. The molecule has 2 N–H and O–H groups in total. The van der Waals surface area contributed by atoms with Gasteiger partial charge >= 0.3 is 11.2 Å².